The molecule has 0 heterocycles. The largest absolute Gasteiger partial charge is 0.474 e. The lowest BCUT2D eigenvalue weighted by atomic mass is 10.2. The summed E-state index contributed by atoms with van der Waals surface area (Å²) in [5.74, 6) is -0.318. The van der Waals surface area contributed by atoms with Crippen LogP contribution < -0.4 is 15.8 Å². The number of nitro groups is 1. The van der Waals surface area contributed by atoms with Gasteiger partial charge in [0.15, 0.2) is 11.9 Å². The number of rotatable bonds is 5. The van der Waals surface area contributed by atoms with Crippen molar-refractivity contribution in [1.29, 1.82) is 0 Å². The van der Waals surface area contributed by atoms with Crippen LogP contribution in [-0.2, 0) is 11.3 Å². The van der Waals surface area contributed by atoms with Gasteiger partial charge in [0, 0.05) is 19.7 Å². The molecule has 1 atom stereocenters. The van der Waals surface area contributed by atoms with E-state index in [-0.39, 0.29) is 23.9 Å². The van der Waals surface area contributed by atoms with E-state index < -0.39 is 11.0 Å². The highest BCUT2D eigenvalue weighted by molar-refractivity contribution is 5.80. The molecular weight excluding hydrogens is 238 g/mol. The van der Waals surface area contributed by atoms with Gasteiger partial charge in [0.2, 0.25) is 0 Å². The third-order valence-corrected chi connectivity index (χ3v) is 2.38. The number of carbonyl (C=O) groups excluding carboxylic acids is 1. The van der Waals surface area contributed by atoms with E-state index in [4.69, 9.17) is 10.5 Å². The van der Waals surface area contributed by atoms with Crippen LogP contribution in [0.2, 0.25) is 0 Å². The van der Waals surface area contributed by atoms with E-state index in [0.717, 1.165) is 0 Å². The fourth-order valence-electron chi connectivity index (χ4n) is 1.38. The number of amides is 1. The van der Waals surface area contributed by atoms with Gasteiger partial charge in [0.25, 0.3) is 5.91 Å². The predicted molar refractivity (Wildman–Crippen MR) is 65.1 cm³/mol. The first-order valence-corrected chi connectivity index (χ1v) is 5.35. The van der Waals surface area contributed by atoms with E-state index in [2.05, 4.69) is 5.32 Å². The zero-order valence-corrected chi connectivity index (χ0v) is 10.2. The monoisotopic (exact) mass is 253 g/mol. The zero-order chi connectivity index (χ0) is 13.7. The Hall–Kier alpha value is -2.15. The van der Waals surface area contributed by atoms with Crippen LogP contribution >= 0.6 is 0 Å². The van der Waals surface area contributed by atoms with Crippen LogP contribution in [0.3, 0.4) is 0 Å². The molecule has 98 valence electrons. The fraction of sp³-hybridized carbons (Fsp3) is 0.364. The Labute approximate surface area is 104 Å². The molecule has 0 aromatic heterocycles. The van der Waals surface area contributed by atoms with Gasteiger partial charge in [-0.25, -0.2) is 0 Å². The molecule has 3 N–H and O–H groups in total. The van der Waals surface area contributed by atoms with E-state index in [1.807, 2.05) is 0 Å². The summed E-state index contributed by atoms with van der Waals surface area (Å²) in [6.45, 7) is 1.75. The van der Waals surface area contributed by atoms with Gasteiger partial charge in [0.05, 0.1) is 4.92 Å². The van der Waals surface area contributed by atoms with E-state index in [1.54, 1.807) is 6.07 Å². The first kappa shape index (κ1) is 13.9. The predicted octanol–water partition coefficient (Wildman–Crippen LogP) is 0.567. The Morgan fingerprint density at radius 3 is 2.78 bits per heavy atom. The molecule has 0 aliphatic heterocycles. The molecule has 7 nitrogen and oxygen atoms in total. The average molecular weight is 253 g/mol. The minimum Gasteiger partial charge on any atom is -0.474 e. The number of nitrogens with zero attached hydrogens (tertiary/aromatic N) is 1. The van der Waals surface area contributed by atoms with Gasteiger partial charge in [-0.2, -0.15) is 0 Å². The fourth-order valence-corrected chi connectivity index (χ4v) is 1.38. The number of benzene rings is 1. The van der Waals surface area contributed by atoms with Gasteiger partial charge < -0.3 is 15.8 Å². The smallest absolute Gasteiger partial charge is 0.310 e. The van der Waals surface area contributed by atoms with Gasteiger partial charge in [-0.15, -0.1) is 0 Å². The van der Waals surface area contributed by atoms with Crippen molar-refractivity contribution in [3.05, 3.63) is 33.9 Å². The number of hydrogen-bond donors (Lipinski definition) is 2. The molecule has 1 amide bonds. The molecule has 0 saturated carbocycles. The Balaban J connectivity index is 3.04. The molecule has 0 spiro atoms. The topological polar surface area (TPSA) is 107 Å². The second-order valence-electron chi connectivity index (χ2n) is 3.64. The summed E-state index contributed by atoms with van der Waals surface area (Å²) in [4.78, 5) is 21.6. The average Bonchev–Trinajstić information content (AvgIpc) is 2.37. The van der Waals surface area contributed by atoms with Gasteiger partial charge in [-0.3, -0.25) is 14.9 Å². The van der Waals surface area contributed by atoms with Crippen molar-refractivity contribution >= 4 is 11.6 Å². The van der Waals surface area contributed by atoms with Crippen molar-refractivity contribution in [3.63, 3.8) is 0 Å². The van der Waals surface area contributed by atoms with Crippen LogP contribution in [0.4, 0.5) is 5.69 Å². The zero-order valence-electron chi connectivity index (χ0n) is 10.2. The third kappa shape index (κ3) is 3.17. The maximum atomic E-state index is 11.3. The van der Waals surface area contributed by atoms with Crippen LogP contribution in [0.1, 0.15) is 12.5 Å². The lowest BCUT2D eigenvalue weighted by molar-refractivity contribution is -0.386. The third-order valence-electron chi connectivity index (χ3n) is 2.38. The van der Waals surface area contributed by atoms with E-state index in [1.165, 1.54) is 26.1 Å². The van der Waals surface area contributed by atoms with Crippen molar-refractivity contribution in [1.82, 2.24) is 5.32 Å². The number of hydrogen-bond acceptors (Lipinski definition) is 5. The van der Waals surface area contributed by atoms with E-state index in [9.17, 15) is 14.9 Å². The molecule has 7 heteroatoms. The Bertz CT molecular complexity index is 462. The normalized spacial score (nSPS) is 11.7. The highest BCUT2D eigenvalue weighted by atomic mass is 16.6. The quantitative estimate of drug-likeness (QED) is 0.589. The standard InChI is InChI=1S/C11H15N3O4/c1-7(11(15)13-2)18-10-5-8(6-12)3-4-9(10)14(16)17/h3-5,7H,6,12H2,1-2H3,(H,13,15). The van der Waals surface area contributed by atoms with Crippen LogP contribution in [0.15, 0.2) is 18.2 Å². The second-order valence-corrected chi connectivity index (χ2v) is 3.64. The second kappa shape index (κ2) is 5.97. The molecule has 1 rings (SSSR count). The Morgan fingerprint density at radius 1 is 1.61 bits per heavy atom. The summed E-state index contributed by atoms with van der Waals surface area (Å²) in [5, 5.41) is 13.2. The highest BCUT2D eigenvalue weighted by Gasteiger charge is 2.20. The molecular formula is C11H15N3O4. The molecule has 1 aromatic carbocycles. The molecule has 1 unspecified atom stereocenters. The molecule has 0 fully saturated rings. The van der Waals surface area contributed by atoms with Gasteiger partial charge in [-0.1, -0.05) is 6.07 Å². The SMILES string of the molecule is CNC(=O)C(C)Oc1cc(CN)ccc1[N+](=O)[O-]. The van der Waals surface area contributed by atoms with Crippen molar-refractivity contribution < 1.29 is 14.5 Å². The van der Waals surface area contributed by atoms with Crippen molar-refractivity contribution in [2.75, 3.05) is 7.05 Å². The van der Waals surface area contributed by atoms with Crippen LogP contribution in [0.5, 0.6) is 5.75 Å². The Kier molecular flexibility index (Phi) is 4.61. The summed E-state index contributed by atoms with van der Waals surface area (Å²) < 4.78 is 5.29. The number of carbonyl (C=O) groups is 1. The highest BCUT2D eigenvalue weighted by Crippen LogP contribution is 2.28. The molecule has 0 saturated heterocycles. The molecule has 0 radical (unpaired) electrons. The summed E-state index contributed by atoms with van der Waals surface area (Å²) >= 11 is 0. The number of likely N-dealkylation sites (N-methyl/N-ethyl adjacent to an activating group) is 1. The lowest BCUT2D eigenvalue weighted by Crippen LogP contribution is -2.33. The molecule has 1 aromatic rings. The summed E-state index contributed by atoms with van der Waals surface area (Å²) in [5.41, 5.74) is 5.96. The molecule has 0 aliphatic rings. The van der Waals surface area contributed by atoms with Gasteiger partial charge in [0.1, 0.15) is 0 Å². The summed E-state index contributed by atoms with van der Waals surface area (Å²) in [6, 6.07) is 4.33. The van der Waals surface area contributed by atoms with E-state index >= 15 is 0 Å². The first-order valence-electron chi connectivity index (χ1n) is 5.35. The van der Waals surface area contributed by atoms with Crippen molar-refractivity contribution in [3.8, 4) is 5.75 Å². The number of nitrogens with two attached hydrogens (primary N) is 1. The minimum atomic E-state index is -0.818. The van der Waals surface area contributed by atoms with E-state index in [0.29, 0.717) is 5.56 Å². The summed E-state index contributed by atoms with van der Waals surface area (Å²) in [7, 11) is 1.47. The van der Waals surface area contributed by atoms with Crippen LogP contribution in [0, 0.1) is 10.1 Å². The lowest BCUT2D eigenvalue weighted by Gasteiger charge is -2.13. The van der Waals surface area contributed by atoms with Crippen LogP contribution in [0.25, 0.3) is 0 Å². The number of nitrogens with one attached hydrogen (secondary N) is 1. The molecule has 0 bridgehead atoms. The van der Waals surface area contributed by atoms with Crippen molar-refractivity contribution in [2.24, 2.45) is 5.73 Å². The van der Waals surface area contributed by atoms with Gasteiger partial charge >= 0.3 is 5.69 Å². The van der Waals surface area contributed by atoms with Crippen molar-refractivity contribution in [2.45, 2.75) is 19.6 Å². The minimum absolute atomic E-state index is 0.0408. The van der Waals surface area contributed by atoms with Crippen LogP contribution in [-0.4, -0.2) is 24.0 Å². The van der Waals surface area contributed by atoms with Gasteiger partial charge in [-0.05, 0) is 18.6 Å². The first-order chi connectivity index (χ1) is 8.49. The number of nitro benzene ring substituents is 1. The number of ether oxygens (including phenoxy) is 1. The maximum Gasteiger partial charge on any atom is 0.310 e. The maximum absolute atomic E-state index is 11.3. The molecule has 18 heavy (non-hydrogen) atoms. The Morgan fingerprint density at radius 2 is 2.28 bits per heavy atom. The summed E-state index contributed by atoms with van der Waals surface area (Å²) in [6.07, 6.45) is -0.818. The molecule has 0 aliphatic carbocycles.